The van der Waals surface area contributed by atoms with E-state index in [0.29, 0.717) is 24.5 Å². The molecule has 0 amide bonds. The van der Waals surface area contributed by atoms with E-state index in [-0.39, 0.29) is 5.76 Å². The van der Waals surface area contributed by atoms with Crippen LogP contribution in [0.1, 0.15) is 21.8 Å². The zero-order valence-corrected chi connectivity index (χ0v) is 5.53. The summed E-state index contributed by atoms with van der Waals surface area (Å²) < 4.78 is 9.53. The summed E-state index contributed by atoms with van der Waals surface area (Å²) in [6.07, 6.45) is 0. The first kappa shape index (κ1) is 6.36. The average Bonchev–Trinajstić information content (AvgIpc) is 2.41. The number of aromatic nitrogens is 1. The van der Waals surface area contributed by atoms with Crippen LogP contribution in [0.15, 0.2) is 4.52 Å². The standard InChI is InChI=1S/C6H5NO4/c8-6(9)5-3-1-10-2-4(3)7-11-5/h1-2H2,(H,8,9). The molecular formula is C6H5NO4. The molecule has 1 aromatic heterocycles. The highest BCUT2D eigenvalue weighted by atomic mass is 16.5. The molecule has 0 unspecified atom stereocenters. The highest BCUT2D eigenvalue weighted by Gasteiger charge is 2.25. The molecule has 0 bridgehead atoms. The molecule has 1 aromatic rings. The maximum absolute atomic E-state index is 10.4. The molecule has 58 valence electrons. The van der Waals surface area contributed by atoms with Gasteiger partial charge in [-0.3, -0.25) is 0 Å². The quantitative estimate of drug-likeness (QED) is 0.635. The summed E-state index contributed by atoms with van der Waals surface area (Å²) in [5.41, 5.74) is 1.17. The topological polar surface area (TPSA) is 72.6 Å². The number of rotatable bonds is 1. The van der Waals surface area contributed by atoms with Crippen LogP contribution in [-0.2, 0) is 18.0 Å². The van der Waals surface area contributed by atoms with Crippen molar-refractivity contribution in [2.75, 3.05) is 0 Å². The van der Waals surface area contributed by atoms with Crippen LogP contribution in [0, 0.1) is 0 Å². The van der Waals surface area contributed by atoms with Gasteiger partial charge >= 0.3 is 5.97 Å². The Kier molecular flexibility index (Phi) is 1.19. The van der Waals surface area contributed by atoms with Gasteiger partial charge in [0.1, 0.15) is 5.69 Å². The number of hydrogen-bond acceptors (Lipinski definition) is 4. The SMILES string of the molecule is O=C(O)c1onc2c1COC2. The van der Waals surface area contributed by atoms with E-state index in [1.54, 1.807) is 0 Å². The van der Waals surface area contributed by atoms with Crippen molar-refractivity contribution < 1.29 is 19.2 Å². The van der Waals surface area contributed by atoms with Crippen LogP contribution in [-0.4, -0.2) is 16.2 Å². The van der Waals surface area contributed by atoms with Crippen LogP contribution < -0.4 is 0 Å². The Balaban J connectivity index is 2.50. The van der Waals surface area contributed by atoms with Crippen molar-refractivity contribution >= 4 is 5.97 Å². The Morgan fingerprint density at radius 3 is 3.09 bits per heavy atom. The molecule has 0 saturated heterocycles. The zero-order chi connectivity index (χ0) is 7.84. The summed E-state index contributed by atoms with van der Waals surface area (Å²) in [6, 6.07) is 0. The summed E-state index contributed by atoms with van der Waals surface area (Å²) in [6.45, 7) is 0.645. The van der Waals surface area contributed by atoms with Crippen molar-refractivity contribution in [2.24, 2.45) is 0 Å². The molecule has 1 aliphatic rings. The van der Waals surface area contributed by atoms with Crippen molar-refractivity contribution in [3.05, 3.63) is 17.0 Å². The van der Waals surface area contributed by atoms with E-state index in [1.165, 1.54) is 0 Å². The third-order valence-electron chi connectivity index (χ3n) is 1.55. The Hall–Kier alpha value is -1.36. The third kappa shape index (κ3) is 0.813. The lowest BCUT2D eigenvalue weighted by atomic mass is 10.2. The number of carboxylic acid groups (broad SMARTS) is 1. The van der Waals surface area contributed by atoms with E-state index in [9.17, 15) is 4.79 Å². The van der Waals surface area contributed by atoms with Gasteiger partial charge in [0, 0.05) is 0 Å². The first-order chi connectivity index (χ1) is 5.29. The number of fused-ring (bicyclic) bond motifs is 1. The Morgan fingerprint density at radius 1 is 1.55 bits per heavy atom. The number of hydrogen-bond donors (Lipinski definition) is 1. The normalized spacial score (nSPS) is 14.9. The summed E-state index contributed by atoms with van der Waals surface area (Å²) in [4.78, 5) is 10.4. The number of carboxylic acids is 1. The molecule has 0 atom stereocenters. The molecule has 0 aromatic carbocycles. The molecule has 5 nitrogen and oxygen atoms in total. The zero-order valence-electron chi connectivity index (χ0n) is 5.53. The largest absolute Gasteiger partial charge is 0.475 e. The molecule has 11 heavy (non-hydrogen) atoms. The molecule has 2 heterocycles. The van der Waals surface area contributed by atoms with Gasteiger partial charge in [-0.1, -0.05) is 5.16 Å². The molecule has 2 rings (SSSR count). The van der Waals surface area contributed by atoms with Crippen molar-refractivity contribution in [1.82, 2.24) is 5.16 Å². The van der Waals surface area contributed by atoms with Crippen molar-refractivity contribution in [3.8, 4) is 0 Å². The van der Waals surface area contributed by atoms with Crippen LogP contribution in [0.5, 0.6) is 0 Å². The molecule has 1 aliphatic heterocycles. The molecule has 1 N–H and O–H groups in total. The highest BCUT2D eigenvalue weighted by Crippen LogP contribution is 2.22. The van der Waals surface area contributed by atoms with Crippen LogP contribution in [0.3, 0.4) is 0 Å². The predicted molar refractivity (Wildman–Crippen MR) is 32.0 cm³/mol. The average molecular weight is 155 g/mol. The fraction of sp³-hybridized carbons (Fsp3) is 0.333. The minimum Gasteiger partial charge on any atom is -0.475 e. The third-order valence-corrected chi connectivity index (χ3v) is 1.55. The molecule has 0 radical (unpaired) electrons. The summed E-state index contributed by atoms with van der Waals surface area (Å²) >= 11 is 0. The summed E-state index contributed by atoms with van der Waals surface area (Å²) in [5.74, 6) is -1.19. The summed E-state index contributed by atoms with van der Waals surface area (Å²) in [7, 11) is 0. The molecular weight excluding hydrogens is 150 g/mol. The predicted octanol–water partition coefficient (Wildman–Crippen LogP) is 0.403. The molecule has 0 fully saturated rings. The van der Waals surface area contributed by atoms with E-state index < -0.39 is 5.97 Å². The van der Waals surface area contributed by atoms with E-state index in [1.807, 2.05) is 0 Å². The van der Waals surface area contributed by atoms with Crippen molar-refractivity contribution in [3.63, 3.8) is 0 Å². The smallest absolute Gasteiger partial charge is 0.375 e. The fourth-order valence-corrected chi connectivity index (χ4v) is 1.02. The molecule has 0 spiro atoms. The lowest BCUT2D eigenvalue weighted by Gasteiger charge is -1.88. The van der Waals surface area contributed by atoms with Crippen LogP contribution in [0.4, 0.5) is 0 Å². The van der Waals surface area contributed by atoms with Gasteiger partial charge in [-0.15, -0.1) is 0 Å². The van der Waals surface area contributed by atoms with E-state index in [2.05, 4.69) is 9.68 Å². The second kappa shape index (κ2) is 2.06. The lowest BCUT2D eigenvalue weighted by Crippen LogP contribution is -1.97. The number of ether oxygens (including phenoxy) is 1. The number of nitrogens with zero attached hydrogens (tertiary/aromatic N) is 1. The minimum atomic E-state index is -1.09. The van der Waals surface area contributed by atoms with Crippen LogP contribution in [0.2, 0.25) is 0 Å². The van der Waals surface area contributed by atoms with Crippen LogP contribution in [0.25, 0.3) is 0 Å². The monoisotopic (exact) mass is 155 g/mol. The van der Waals surface area contributed by atoms with Gasteiger partial charge in [0.2, 0.25) is 5.76 Å². The number of aromatic carboxylic acids is 1. The lowest BCUT2D eigenvalue weighted by molar-refractivity contribution is 0.0636. The Labute approximate surface area is 61.6 Å². The van der Waals surface area contributed by atoms with Crippen LogP contribution >= 0.6 is 0 Å². The van der Waals surface area contributed by atoms with Gasteiger partial charge in [-0.2, -0.15) is 0 Å². The van der Waals surface area contributed by atoms with Gasteiger partial charge in [0.05, 0.1) is 18.8 Å². The van der Waals surface area contributed by atoms with Crippen molar-refractivity contribution in [2.45, 2.75) is 13.2 Å². The van der Waals surface area contributed by atoms with Gasteiger partial charge < -0.3 is 14.4 Å². The van der Waals surface area contributed by atoms with E-state index >= 15 is 0 Å². The Bertz CT molecular complexity index is 304. The van der Waals surface area contributed by atoms with Gasteiger partial charge in [0.25, 0.3) is 0 Å². The van der Waals surface area contributed by atoms with Gasteiger partial charge in [-0.05, 0) is 0 Å². The van der Waals surface area contributed by atoms with Gasteiger partial charge in [-0.25, -0.2) is 4.79 Å². The first-order valence-corrected chi connectivity index (χ1v) is 3.07. The highest BCUT2D eigenvalue weighted by molar-refractivity contribution is 5.86. The van der Waals surface area contributed by atoms with Gasteiger partial charge in [0.15, 0.2) is 0 Å². The van der Waals surface area contributed by atoms with E-state index in [4.69, 9.17) is 9.84 Å². The maximum Gasteiger partial charge on any atom is 0.375 e. The Morgan fingerprint density at radius 2 is 2.36 bits per heavy atom. The first-order valence-electron chi connectivity index (χ1n) is 3.07. The molecule has 5 heteroatoms. The number of carbonyl (C=O) groups is 1. The summed E-state index contributed by atoms with van der Waals surface area (Å²) in [5, 5.41) is 12.1. The molecule has 0 saturated carbocycles. The maximum atomic E-state index is 10.4. The fourth-order valence-electron chi connectivity index (χ4n) is 1.02. The second-order valence-electron chi connectivity index (χ2n) is 2.23. The molecule has 0 aliphatic carbocycles. The van der Waals surface area contributed by atoms with E-state index in [0.717, 1.165) is 0 Å². The second-order valence-corrected chi connectivity index (χ2v) is 2.23. The minimum absolute atomic E-state index is 0.0995. The van der Waals surface area contributed by atoms with Crippen molar-refractivity contribution in [1.29, 1.82) is 0 Å².